The molecule has 0 radical (unpaired) electrons. The fraction of sp³-hybridized carbons (Fsp3) is 0.600. The van der Waals surface area contributed by atoms with Crippen LogP contribution >= 0.6 is 0 Å². The number of amides is 2. The van der Waals surface area contributed by atoms with Gasteiger partial charge >= 0.3 is 6.09 Å². The number of carbonyl (C=O) groups is 2. The van der Waals surface area contributed by atoms with Gasteiger partial charge in [0.1, 0.15) is 0 Å². The number of nitrogens with zero attached hydrogens (tertiary/aromatic N) is 3. The van der Waals surface area contributed by atoms with Crippen LogP contribution < -0.4 is 10.9 Å². The average molecular weight is 539 g/mol. The van der Waals surface area contributed by atoms with Gasteiger partial charge in [0.2, 0.25) is 5.91 Å². The molecule has 212 valence electrons. The van der Waals surface area contributed by atoms with Crippen LogP contribution in [0.1, 0.15) is 71.3 Å². The lowest BCUT2D eigenvalue weighted by Gasteiger charge is -2.50. The molecule has 2 amide bonds. The number of piperidine rings is 1. The molecule has 2 heterocycles. The Hall–Kier alpha value is -3.20. The Morgan fingerprint density at radius 3 is 2.46 bits per heavy atom. The molecular formula is C30H42N4O5. The molecule has 9 nitrogen and oxygen atoms in total. The summed E-state index contributed by atoms with van der Waals surface area (Å²) in [6.07, 6.45) is 8.00. The third-order valence-electron chi connectivity index (χ3n) is 8.79. The van der Waals surface area contributed by atoms with E-state index >= 15 is 0 Å². The van der Waals surface area contributed by atoms with Crippen LogP contribution in [0.15, 0.2) is 41.5 Å². The van der Waals surface area contributed by atoms with E-state index in [1.165, 1.54) is 49.1 Å². The Morgan fingerprint density at radius 1 is 1.15 bits per heavy atom. The van der Waals surface area contributed by atoms with Crippen molar-refractivity contribution in [3.05, 3.63) is 52.6 Å². The van der Waals surface area contributed by atoms with Crippen molar-refractivity contribution < 1.29 is 19.8 Å². The summed E-state index contributed by atoms with van der Waals surface area (Å²) in [4.78, 5) is 43.3. The molecule has 9 heteroatoms. The van der Waals surface area contributed by atoms with Gasteiger partial charge in [-0.3, -0.25) is 14.2 Å². The number of likely N-dealkylation sites (tertiary alicyclic amines) is 1. The fourth-order valence-corrected chi connectivity index (χ4v) is 6.13. The first kappa shape index (κ1) is 28.8. The number of rotatable bonds is 8. The molecule has 2 aromatic rings. The Labute approximate surface area is 230 Å². The molecule has 2 fully saturated rings. The molecule has 1 saturated carbocycles. The smallest absolute Gasteiger partial charge is 0.404 e. The zero-order valence-electron chi connectivity index (χ0n) is 23.4. The lowest BCUT2D eigenvalue weighted by molar-refractivity contribution is -0.157. The molecule has 1 aliphatic heterocycles. The highest BCUT2D eigenvalue weighted by Gasteiger charge is 2.49. The normalized spacial score (nSPS) is 22.3. The minimum Gasteiger partial charge on any atom is -0.465 e. The number of benzene rings is 1. The number of hydrogen-bond acceptors (Lipinski definition) is 5. The third kappa shape index (κ3) is 6.87. The summed E-state index contributed by atoms with van der Waals surface area (Å²) in [5.41, 5.74) is 0.0118. The molecule has 1 unspecified atom stereocenters. The maximum atomic E-state index is 13.3. The summed E-state index contributed by atoms with van der Waals surface area (Å²) in [5.74, 6) is 0.794. The predicted molar refractivity (Wildman–Crippen MR) is 149 cm³/mol. The maximum absolute atomic E-state index is 13.3. The topological polar surface area (TPSA) is 125 Å². The van der Waals surface area contributed by atoms with Crippen LogP contribution in [0.4, 0.5) is 4.79 Å². The number of carboxylic acid groups (broad SMARTS) is 1. The van der Waals surface area contributed by atoms with Crippen LogP contribution in [0.3, 0.4) is 0 Å². The molecule has 2 aliphatic rings. The number of aromatic nitrogens is 2. The van der Waals surface area contributed by atoms with Crippen molar-refractivity contribution in [1.82, 2.24) is 19.8 Å². The van der Waals surface area contributed by atoms with E-state index in [1.54, 1.807) is 24.3 Å². The van der Waals surface area contributed by atoms with E-state index in [2.05, 4.69) is 10.3 Å². The van der Waals surface area contributed by atoms with Gasteiger partial charge in [0.05, 0.1) is 24.2 Å². The van der Waals surface area contributed by atoms with Crippen LogP contribution in [0.25, 0.3) is 11.3 Å². The molecule has 39 heavy (non-hydrogen) atoms. The van der Waals surface area contributed by atoms with Crippen LogP contribution in [-0.2, 0) is 17.9 Å². The van der Waals surface area contributed by atoms with Gasteiger partial charge in [-0.25, -0.2) is 9.78 Å². The molecule has 1 aliphatic carbocycles. The first-order chi connectivity index (χ1) is 18.5. The van der Waals surface area contributed by atoms with Crippen LogP contribution in [-0.4, -0.2) is 55.4 Å². The second kappa shape index (κ2) is 11.9. The van der Waals surface area contributed by atoms with E-state index < -0.39 is 17.1 Å². The minimum absolute atomic E-state index is 0.0167. The molecule has 4 rings (SSSR count). The molecule has 1 aromatic carbocycles. The van der Waals surface area contributed by atoms with Gasteiger partial charge in [0, 0.05) is 42.6 Å². The Balaban J connectivity index is 1.39. The first-order valence-corrected chi connectivity index (χ1v) is 14.1. The van der Waals surface area contributed by atoms with Crippen LogP contribution in [0.5, 0.6) is 0 Å². The van der Waals surface area contributed by atoms with Gasteiger partial charge in [-0.1, -0.05) is 77.1 Å². The van der Waals surface area contributed by atoms with E-state index in [0.717, 1.165) is 17.5 Å². The standard InChI is InChI=1S/C30H42N4O5/c1-21(15-22-7-5-4-6-8-22)27(36)33-14-13-30(39,29(2,3)18-33)19-34-20-32-25(16-26(34)35)24-11-9-23(10-12-24)17-31-28(37)38/h9-12,16,20-22,31,39H,4-8,13-15,17-19H2,1-3H3,(H,37,38)/t21-,30?/m1/s1. The van der Waals surface area contributed by atoms with Gasteiger partial charge in [0.25, 0.3) is 5.56 Å². The third-order valence-corrected chi connectivity index (χ3v) is 8.79. The van der Waals surface area contributed by atoms with E-state index in [4.69, 9.17) is 5.11 Å². The van der Waals surface area contributed by atoms with Crippen molar-refractivity contribution in [2.24, 2.45) is 17.3 Å². The largest absolute Gasteiger partial charge is 0.465 e. The SMILES string of the molecule is C[C@H](CC1CCCCC1)C(=O)N1CCC(O)(Cn2cnc(-c3ccc(CNC(=O)O)cc3)cc2=O)C(C)(C)C1. The van der Waals surface area contributed by atoms with E-state index in [0.29, 0.717) is 31.1 Å². The number of aliphatic hydroxyl groups is 1. The Morgan fingerprint density at radius 2 is 1.85 bits per heavy atom. The van der Waals surface area contributed by atoms with Crippen molar-refractivity contribution in [3.8, 4) is 11.3 Å². The maximum Gasteiger partial charge on any atom is 0.404 e. The zero-order chi connectivity index (χ0) is 28.2. The summed E-state index contributed by atoms with van der Waals surface area (Å²) in [5, 5.41) is 22.8. The summed E-state index contributed by atoms with van der Waals surface area (Å²) >= 11 is 0. The van der Waals surface area contributed by atoms with Crippen molar-refractivity contribution in [2.75, 3.05) is 13.1 Å². The summed E-state index contributed by atoms with van der Waals surface area (Å²) < 4.78 is 1.44. The summed E-state index contributed by atoms with van der Waals surface area (Å²) in [6, 6.07) is 8.61. The van der Waals surface area contributed by atoms with E-state index in [9.17, 15) is 19.5 Å². The highest BCUT2D eigenvalue weighted by atomic mass is 16.4. The Kier molecular flexibility index (Phi) is 8.79. The van der Waals surface area contributed by atoms with E-state index in [-0.39, 0.29) is 30.5 Å². The van der Waals surface area contributed by atoms with Crippen molar-refractivity contribution in [3.63, 3.8) is 0 Å². The van der Waals surface area contributed by atoms with Gasteiger partial charge in [-0.15, -0.1) is 0 Å². The summed E-state index contributed by atoms with van der Waals surface area (Å²) in [7, 11) is 0. The lowest BCUT2D eigenvalue weighted by atomic mass is 9.69. The molecule has 3 N–H and O–H groups in total. The predicted octanol–water partition coefficient (Wildman–Crippen LogP) is 4.27. The highest BCUT2D eigenvalue weighted by molar-refractivity contribution is 5.78. The molecule has 1 aromatic heterocycles. The monoisotopic (exact) mass is 538 g/mol. The zero-order valence-corrected chi connectivity index (χ0v) is 23.4. The summed E-state index contributed by atoms with van der Waals surface area (Å²) in [6.45, 7) is 7.18. The quantitative estimate of drug-likeness (QED) is 0.461. The number of nitrogens with one attached hydrogen (secondary N) is 1. The minimum atomic E-state index is -1.16. The average Bonchev–Trinajstić information content (AvgIpc) is 2.90. The van der Waals surface area contributed by atoms with Crippen molar-refractivity contribution in [1.29, 1.82) is 0 Å². The fourth-order valence-electron chi connectivity index (χ4n) is 6.13. The van der Waals surface area contributed by atoms with Gasteiger partial charge in [0.15, 0.2) is 0 Å². The molecule has 1 saturated heterocycles. The first-order valence-electron chi connectivity index (χ1n) is 14.1. The highest BCUT2D eigenvalue weighted by Crippen LogP contribution is 2.40. The second-order valence-corrected chi connectivity index (χ2v) is 12.2. The van der Waals surface area contributed by atoms with Crippen LogP contribution in [0, 0.1) is 17.3 Å². The van der Waals surface area contributed by atoms with E-state index in [1.807, 2.05) is 25.7 Å². The lowest BCUT2D eigenvalue weighted by Crippen LogP contribution is -2.61. The molecule has 0 spiro atoms. The Bertz CT molecular complexity index is 1220. The van der Waals surface area contributed by atoms with Gasteiger partial charge in [-0.2, -0.15) is 0 Å². The molecule has 0 bridgehead atoms. The number of carbonyl (C=O) groups excluding carboxylic acids is 1. The van der Waals surface area contributed by atoms with Gasteiger partial charge in [-0.05, 0) is 24.3 Å². The van der Waals surface area contributed by atoms with Gasteiger partial charge < -0.3 is 20.4 Å². The molecular weight excluding hydrogens is 496 g/mol. The van der Waals surface area contributed by atoms with Crippen molar-refractivity contribution >= 4 is 12.0 Å². The van der Waals surface area contributed by atoms with Crippen molar-refractivity contribution in [2.45, 2.75) is 84.4 Å². The number of hydrogen-bond donors (Lipinski definition) is 3. The molecule has 2 atom stereocenters. The van der Waals surface area contributed by atoms with Crippen LogP contribution in [0.2, 0.25) is 0 Å². The second-order valence-electron chi connectivity index (χ2n) is 12.2.